The van der Waals surface area contributed by atoms with E-state index < -0.39 is 0 Å². The molecule has 0 saturated carbocycles. The number of amides is 1. The fraction of sp³-hybridized carbons (Fsp3) is 0.944. The van der Waals surface area contributed by atoms with Gasteiger partial charge in [-0.05, 0) is 13.8 Å². The lowest BCUT2D eigenvalue weighted by Gasteiger charge is -2.37. The smallest absolute Gasteiger partial charge is 0.234 e. The number of hydrogen-bond acceptors (Lipinski definition) is 4. The topological polar surface area (TPSA) is 44.8 Å². The van der Waals surface area contributed by atoms with Crippen LogP contribution in [0.4, 0.5) is 0 Å². The zero-order valence-electron chi connectivity index (χ0n) is 17.2. The van der Waals surface area contributed by atoms with Gasteiger partial charge in [-0.15, -0.1) is 0 Å². The molecule has 0 spiro atoms. The van der Waals surface area contributed by atoms with E-state index in [2.05, 4.69) is 22.0 Å². The molecule has 0 aromatic heterocycles. The zero-order chi connectivity index (χ0) is 18.7. The van der Waals surface area contributed by atoms with Crippen molar-refractivity contribution in [1.29, 1.82) is 0 Å². The van der Waals surface area contributed by atoms with Crippen LogP contribution in [0.2, 0.25) is 0 Å². The molecule has 1 aliphatic rings. The molecule has 5 nitrogen and oxygen atoms in total. The molecular weight excluding hydrogens is 290 g/mol. The van der Waals surface area contributed by atoms with Crippen LogP contribution in [0.25, 0.3) is 0 Å². The number of methoxy groups -OCH3 is 1. The Morgan fingerprint density at radius 3 is 1.91 bits per heavy atom. The van der Waals surface area contributed by atoms with Crippen LogP contribution < -0.4 is 5.32 Å². The lowest BCUT2D eigenvalue weighted by molar-refractivity contribution is -0.122. The number of ether oxygens (including phenoxy) is 1. The standard InChI is InChI=1S/C12H25N3O2.3C2H6/c1-4-13-12(16)9-14-5-7-15(8-6-14)11(2)10-17-3;3*1-2/h11H,4-10H2,1-3H3,(H,13,16);3*1-2H3. The highest BCUT2D eigenvalue weighted by atomic mass is 16.5. The first kappa shape index (κ1) is 27.2. The first-order valence-corrected chi connectivity index (χ1v) is 9.39. The zero-order valence-corrected chi connectivity index (χ0v) is 17.2. The lowest BCUT2D eigenvalue weighted by Crippen LogP contribution is -2.52. The average molecular weight is 334 g/mol. The van der Waals surface area contributed by atoms with Crippen molar-refractivity contribution < 1.29 is 9.53 Å². The second kappa shape index (κ2) is 21.4. The Kier molecular flexibility index (Phi) is 25.3. The molecule has 1 amide bonds. The van der Waals surface area contributed by atoms with E-state index in [1.807, 2.05) is 48.5 Å². The number of piperazine rings is 1. The Labute approximate surface area is 145 Å². The second-order valence-corrected chi connectivity index (χ2v) is 4.57. The predicted octanol–water partition coefficient (Wildman–Crippen LogP) is 2.85. The second-order valence-electron chi connectivity index (χ2n) is 4.57. The monoisotopic (exact) mass is 333 g/mol. The third-order valence-electron chi connectivity index (χ3n) is 3.18. The van der Waals surface area contributed by atoms with Gasteiger partial charge in [0.05, 0.1) is 13.2 Å². The summed E-state index contributed by atoms with van der Waals surface area (Å²) in [4.78, 5) is 16.1. The summed E-state index contributed by atoms with van der Waals surface area (Å²) in [5.74, 6) is 0.130. The molecular formula is C18H43N3O2. The molecule has 1 saturated heterocycles. The quantitative estimate of drug-likeness (QED) is 0.812. The number of hydrogen-bond donors (Lipinski definition) is 1. The van der Waals surface area contributed by atoms with Crippen LogP contribution in [-0.4, -0.2) is 74.7 Å². The molecule has 0 aromatic carbocycles. The van der Waals surface area contributed by atoms with E-state index in [-0.39, 0.29) is 5.91 Å². The van der Waals surface area contributed by atoms with Gasteiger partial charge in [-0.25, -0.2) is 0 Å². The highest BCUT2D eigenvalue weighted by Crippen LogP contribution is 2.06. The molecule has 0 aromatic rings. The van der Waals surface area contributed by atoms with Crippen molar-refractivity contribution in [3.05, 3.63) is 0 Å². The van der Waals surface area contributed by atoms with Gasteiger partial charge < -0.3 is 10.1 Å². The van der Waals surface area contributed by atoms with Crippen molar-refractivity contribution in [3.63, 3.8) is 0 Å². The van der Waals surface area contributed by atoms with Crippen LogP contribution in [0.5, 0.6) is 0 Å². The summed E-state index contributed by atoms with van der Waals surface area (Å²) >= 11 is 0. The van der Waals surface area contributed by atoms with Crippen molar-refractivity contribution in [2.45, 2.75) is 61.4 Å². The van der Waals surface area contributed by atoms with Gasteiger partial charge in [0.15, 0.2) is 0 Å². The van der Waals surface area contributed by atoms with Gasteiger partial charge in [-0.3, -0.25) is 14.6 Å². The van der Waals surface area contributed by atoms with Gasteiger partial charge >= 0.3 is 0 Å². The summed E-state index contributed by atoms with van der Waals surface area (Å²) in [7, 11) is 1.74. The molecule has 1 atom stereocenters. The number of carbonyl (C=O) groups excluding carboxylic acids is 1. The minimum atomic E-state index is 0.130. The number of likely N-dealkylation sites (N-methyl/N-ethyl adjacent to an activating group) is 1. The van der Waals surface area contributed by atoms with Crippen LogP contribution in [-0.2, 0) is 9.53 Å². The Balaban J connectivity index is -0.000000595. The summed E-state index contributed by atoms with van der Waals surface area (Å²) in [5.41, 5.74) is 0. The van der Waals surface area contributed by atoms with E-state index in [1.54, 1.807) is 7.11 Å². The van der Waals surface area contributed by atoms with Crippen LogP contribution in [0.3, 0.4) is 0 Å². The maximum Gasteiger partial charge on any atom is 0.234 e. The lowest BCUT2D eigenvalue weighted by atomic mass is 10.2. The van der Waals surface area contributed by atoms with Crippen LogP contribution >= 0.6 is 0 Å². The Bertz CT molecular complexity index is 230. The molecule has 1 aliphatic heterocycles. The van der Waals surface area contributed by atoms with Gasteiger partial charge in [0, 0.05) is 45.9 Å². The minimum absolute atomic E-state index is 0.130. The molecule has 1 unspecified atom stereocenters. The van der Waals surface area contributed by atoms with Crippen LogP contribution in [0.1, 0.15) is 55.4 Å². The molecule has 5 heteroatoms. The van der Waals surface area contributed by atoms with Gasteiger partial charge in [-0.1, -0.05) is 41.5 Å². The summed E-state index contributed by atoms with van der Waals surface area (Å²) in [5, 5.41) is 2.83. The number of rotatable bonds is 6. The molecule has 0 bridgehead atoms. The SMILES string of the molecule is CC.CC.CC.CCNC(=O)CN1CCN(C(C)COC)CC1. The maximum absolute atomic E-state index is 11.4. The van der Waals surface area contributed by atoms with E-state index in [0.29, 0.717) is 19.1 Å². The molecule has 1 N–H and O–H groups in total. The minimum Gasteiger partial charge on any atom is -0.383 e. The summed E-state index contributed by atoms with van der Waals surface area (Å²) in [6.45, 7) is 22.1. The van der Waals surface area contributed by atoms with Crippen molar-refractivity contribution >= 4 is 5.91 Å². The largest absolute Gasteiger partial charge is 0.383 e. The first-order valence-electron chi connectivity index (χ1n) is 9.39. The Morgan fingerprint density at radius 2 is 1.52 bits per heavy atom. The molecule has 142 valence electrons. The Hall–Kier alpha value is -0.650. The third-order valence-corrected chi connectivity index (χ3v) is 3.18. The van der Waals surface area contributed by atoms with Crippen molar-refractivity contribution in [2.24, 2.45) is 0 Å². The van der Waals surface area contributed by atoms with Gasteiger partial charge in [0.2, 0.25) is 5.91 Å². The molecule has 0 aliphatic carbocycles. The van der Waals surface area contributed by atoms with Gasteiger partial charge in [0.25, 0.3) is 0 Å². The maximum atomic E-state index is 11.4. The summed E-state index contributed by atoms with van der Waals surface area (Å²) < 4.78 is 5.16. The third kappa shape index (κ3) is 14.7. The average Bonchev–Trinajstić information content (AvgIpc) is 2.61. The highest BCUT2D eigenvalue weighted by molar-refractivity contribution is 5.77. The van der Waals surface area contributed by atoms with Crippen molar-refractivity contribution in [1.82, 2.24) is 15.1 Å². The van der Waals surface area contributed by atoms with E-state index in [0.717, 1.165) is 32.8 Å². The van der Waals surface area contributed by atoms with Crippen LogP contribution in [0, 0.1) is 0 Å². The van der Waals surface area contributed by atoms with E-state index in [4.69, 9.17) is 4.74 Å². The predicted molar refractivity (Wildman–Crippen MR) is 102 cm³/mol. The molecule has 1 fully saturated rings. The fourth-order valence-corrected chi connectivity index (χ4v) is 2.17. The summed E-state index contributed by atoms with van der Waals surface area (Å²) in [6, 6.07) is 0.464. The first-order chi connectivity index (χ1) is 11.2. The van der Waals surface area contributed by atoms with Crippen molar-refractivity contribution in [3.8, 4) is 0 Å². The number of nitrogens with one attached hydrogen (secondary N) is 1. The van der Waals surface area contributed by atoms with E-state index >= 15 is 0 Å². The summed E-state index contributed by atoms with van der Waals surface area (Å²) in [6.07, 6.45) is 0. The normalized spacial score (nSPS) is 15.7. The van der Waals surface area contributed by atoms with E-state index in [9.17, 15) is 4.79 Å². The molecule has 1 rings (SSSR count). The fourth-order valence-electron chi connectivity index (χ4n) is 2.17. The van der Waals surface area contributed by atoms with Crippen LogP contribution in [0.15, 0.2) is 0 Å². The van der Waals surface area contributed by atoms with Crippen molar-refractivity contribution in [2.75, 3.05) is 53.0 Å². The highest BCUT2D eigenvalue weighted by Gasteiger charge is 2.21. The number of nitrogens with zero attached hydrogens (tertiary/aromatic N) is 2. The molecule has 1 heterocycles. The Morgan fingerprint density at radius 1 is 1.04 bits per heavy atom. The molecule has 23 heavy (non-hydrogen) atoms. The molecule has 0 radical (unpaired) electrons. The van der Waals surface area contributed by atoms with Gasteiger partial charge in [-0.2, -0.15) is 0 Å². The van der Waals surface area contributed by atoms with E-state index in [1.165, 1.54) is 0 Å². The number of carbonyl (C=O) groups is 1. The van der Waals surface area contributed by atoms with Gasteiger partial charge in [0.1, 0.15) is 0 Å².